The van der Waals surface area contributed by atoms with Gasteiger partial charge < -0.3 is 20.1 Å². The topological polar surface area (TPSA) is 83.4 Å². The fourth-order valence-electron chi connectivity index (χ4n) is 1.76. The van der Waals surface area contributed by atoms with Gasteiger partial charge in [-0.15, -0.1) is 0 Å². The lowest BCUT2D eigenvalue weighted by atomic mass is 10.2. The number of aliphatic hydroxyl groups excluding tert-OH is 1. The fourth-order valence-corrected chi connectivity index (χ4v) is 1.76. The summed E-state index contributed by atoms with van der Waals surface area (Å²) in [6, 6.07) is 0.350. The number of anilines is 2. The van der Waals surface area contributed by atoms with Crippen molar-refractivity contribution in [1.29, 1.82) is 0 Å². The summed E-state index contributed by atoms with van der Waals surface area (Å²) >= 11 is 0. The summed E-state index contributed by atoms with van der Waals surface area (Å²) in [6.07, 6.45) is 3.82. The molecule has 0 spiro atoms. The molecule has 0 atom stereocenters. The first-order chi connectivity index (χ1) is 10.2. The quantitative estimate of drug-likeness (QED) is 0.601. The minimum atomic E-state index is 0.245. The summed E-state index contributed by atoms with van der Waals surface area (Å²) in [7, 11) is 1.95. The van der Waals surface area contributed by atoms with Gasteiger partial charge in [-0.2, -0.15) is 15.0 Å². The number of hydrogen-bond donors (Lipinski definition) is 2. The molecule has 0 amide bonds. The summed E-state index contributed by atoms with van der Waals surface area (Å²) < 4.78 is 5.40. The standard InChI is InChI=1S/C14H27N5O2/c1-4-9-15-12-16-13(18-14(17-12)21-5-2)19(3)10-7-6-8-11-20/h20H,4-11H2,1-3H3,(H,15,16,17,18). The zero-order valence-corrected chi connectivity index (χ0v) is 13.3. The highest BCUT2D eigenvalue weighted by molar-refractivity contribution is 5.37. The first-order valence-corrected chi connectivity index (χ1v) is 7.66. The Balaban J connectivity index is 2.70. The minimum absolute atomic E-state index is 0.245. The number of nitrogens with one attached hydrogen (secondary N) is 1. The lowest BCUT2D eigenvalue weighted by Gasteiger charge is -2.18. The van der Waals surface area contributed by atoms with E-state index in [-0.39, 0.29) is 6.61 Å². The van der Waals surface area contributed by atoms with Crippen LogP contribution in [0.15, 0.2) is 0 Å². The molecule has 0 aliphatic carbocycles. The van der Waals surface area contributed by atoms with E-state index in [2.05, 4.69) is 27.2 Å². The zero-order chi connectivity index (χ0) is 15.5. The third-order valence-electron chi connectivity index (χ3n) is 2.90. The van der Waals surface area contributed by atoms with E-state index in [1.807, 2.05) is 18.9 Å². The van der Waals surface area contributed by atoms with Crippen molar-refractivity contribution in [2.24, 2.45) is 0 Å². The molecule has 1 aromatic heterocycles. The zero-order valence-electron chi connectivity index (χ0n) is 13.3. The number of aliphatic hydroxyl groups is 1. The summed E-state index contributed by atoms with van der Waals surface area (Å²) in [5, 5.41) is 12.0. The normalized spacial score (nSPS) is 10.5. The van der Waals surface area contributed by atoms with E-state index in [1.54, 1.807) is 0 Å². The molecule has 120 valence electrons. The van der Waals surface area contributed by atoms with Gasteiger partial charge in [-0.25, -0.2) is 0 Å². The van der Waals surface area contributed by atoms with E-state index in [4.69, 9.17) is 9.84 Å². The third kappa shape index (κ3) is 6.57. The van der Waals surface area contributed by atoms with Crippen LogP contribution in [0.25, 0.3) is 0 Å². The van der Waals surface area contributed by atoms with Gasteiger partial charge in [0, 0.05) is 26.7 Å². The second kappa shape index (κ2) is 10.1. The molecular weight excluding hydrogens is 270 g/mol. The van der Waals surface area contributed by atoms with Gasteiger partial charge in [0.25, 0.3) is 0 Å². The van der Waals surface area contributed by atoms with Crippen molar-refractivity contribution in [2.45, 2.75) is 39.5 Å². The largest absolute Gasteiger partial charge is 0.464 e. The van der Waals surface area contributed by atoms with Crippen molar-refractivity contribution in [3.8, 4) is 6.01 Å². The van der Waals surface area contributed by atoms with Gasteiger partial charge in [-0.3, -0.25) is 0 Å². The Morgan fingerprint density at radius 3 is 2.62 bits per heavy atom. The van der Waals surface area contributed by atoms with Gasteiger partial charge >= 0.3 is 6.01 Å². The molecule has 1 aromatic rings. The Bertz CT molecular complexity index is 403. The van der Waals surface area contributed by atoms with Crippen molar-refractivity contribution in [2.75, 3.05) is 43.6 Å². The number of aromatic nitrogens is 3. The Hall–Kier alpha value is -1.63. The van der Waals surface area contributed by atoms with Crippen molar-refractivity contribution in [1.82, 2.24) is 15.0 Å². The molecule has 0 radical (unpaired) electrons. The van der Waals surface area contributed by atoms with E-state index < -0.39 is 0 Å². The molecule has 0 aliphatic rings. The third-order valence-corrected chi connectivity index (χ3v) is 2.90. The number of ether oxygens (including phenoxy) is 1. The first kappa shape index (κ1) is 17.4. The molecule has 0 aromatic carbocycles. The SMILES string of the molecule is CCCNc1nc(OCC)nc(N(C)CCCCCO)n1. The molecule has 0 saturated heterocycles. The molecular formula is C14H27N5O2. The lowest BCUT2D eigenvalue weighted by molar-refractivity contribution is 0.283. The van der Waals surface area contributed by atoms with Gasteiger partial charge in [0.1, 0.15) is 0 Å². The average Bonchev–Trinajstić information content (AvgIpc) is 2.49. The molecule has 7 heteroatoms. The van der Waals surface area contributed by atoms with Crippen LogP contribution < -0.4 is 15.0 Å². The van der Waals surface area contributed by atoms with Crippen LogP contribution in [0.5, 0.6) is 6.01 Å². The Morgan fingerprint density at radius 1 is 1.14 bits per heavy atom. The van der Waals surface area contributed by atoms with Crippen LogP contribution in [-0.4, -0.2) is 53.4 Å². The first-order valence-electron chi connectivity index (χ1n) is 7.66. The summed E-state index contributed by atoms with van der Waals surface area (Å²) in [4.78, 5) is 15.0. The second-order valence-corrected chi connectivity index (χ2v) is 4.81. The van der Waals surface area contributed by atoms with Gasteiger partial charge in [0.05, 0.1) is 6.61 Å². The van der Waals surface area contributed by atoms with Crippen molar-refractivity contribution in [3.05, 3.63) is 0 Å². The van der Waals surface area contributed by atoms with E-state index in [0.29, 0.717) is 24.5 Å². The molecule has 0 fully saturated rings. The maximum absolute atomic E-state index is 8.79. The van der Waals surface area contributed by atoms with Crippen molar-refractivity contribution >= 4 is 11.9 Å². The molecule has 0 unspecified atom stereocenters. The second-order valence-electron chi connectivity index (χ2n) is 4.81. The molecule has 0 saturated carbocycles. The van der Waals surface area contributed by atoms with Gasteiger partial charge in [-0.05, 0) is 32.6 Å². The lowest BCUT2D eigenvalue weighted by Crippen LogP contribution is -2.22. The minimum Gasteiger partial charge on any atom is -0.464 e. The summed E-state index contributed by atoms with van der Waals surface area (Å²) in [6.45, 7) is 6.41. The van der Waals surface area contributed by atoms with Crippen LogP contribution >= 0.6 is 0 Å². The number of nitrogens with zero attached hydrogens (tertiary/aromatic N) is 4. The van der Waals surface area contributed by atoms with Crippen LogP contribution in [0.3, 0.4) is 0 Å². The molecule has 1 heterocycles. The predicted octanol–water partition coefficient (Wildman–Crippen LogP) is 1.69. The van der Waals surface area contributed by atoms with Crippen molar-refractivity contribution in [3.63, 3.8) is 0 Å². The van der Waals surface area contributed by atoms with Crippen LogP contribution in [0.4, 0.5) is 11.9 Å². The molecule has 21 heavy (non-hydrogen) atoms. The van der Waals surface area contributed by atoms with Crippen LogP contribution in [0.2, 0.25) is 0 Å². The number of hydrogen-bond acceptors (Lipinski definition) is 7. The van der Waals surface area contributed by atoms with E-state index in [1.165, 1.54) is 0 Å². The maximum Gasteiger partial charge on any atom is 0.323 e. The highest BCUT2D eigenvalue weighted by atomic mass is 16.5. The smallest absolute Gasteiger partial charge is 0.323 e. The Kier molecular flexibility index (Phi) is 8.42. The van der Waals surface area contributed by atoms with Crippen LogP contribution in [0, 0.1) is 0 Å². The predicted molar refractivity (Wildman–Crippen MR) is 84.0 cm³/mol. The highest BCUT2D eigenvalue weighted by Gasteiger charge is 2.10. The fraction of sp³-hybridized carbons (Fsp3) is 0.786. The molecule has 7 nitrogen and oxygen atoms in total. The monoisotopic (exact) mass is 297 g/mol. The Labute approximate surface area is 126 Å². The van der Waals surface area contributed by atoms with Gasteiger partial charge in [0.2, 0.25) is 11.9 Å². The highest BCUT2D eigenvalue weighted by Crippen LogP contribution is 2.14. The Morgan fingerprint density at radius 2 is 1.95 bits per heavy atom. The van der Waals surface area contributed by atoms with Gasteiger partial charge in [0.15, 0.2) is 0 Å². The number of unbranched alkanes of at least 4 members (excludes halogenated alkanes) is 2. The average molecular weight is 297 g/mol. The van der Waals surface area contributed by atoms with Crippen LogP contribution in [0.1, 0.15) is 39.5 Å². The van der Waals surface area contributed by atoms with Crippen LogP contribution in [-0.2, 0) is 0 Å². The van der Waals surface area contributed by atoms with E-state index >= 15 is 0 Å². The van der Waals surface area contributed by atoms with E-state index in [9.17, 15) is 0 Å². The molecule has 2 N–H and O–H groups in total. The molecule has 0 bridgehead atoms. The van der Waals surface area contributed by atoms with Gasteiger partial charge in [-0.1, -0.05) is 6.92 Å². The van der Waals surface area contributed by atoms with E-state index in [0.717, 1.165) is 38.8 Å². The summed E-state index contributed by atoms with van der Waals surface area (Å²) in [5.41, 5.74) is 0. The van der Waals surface area contributed by atoms with Crippen molar-refractivity contribution < 1.29 is 9.84 Å². The molecule has 1 rings (SSSR count). The number of rotatable bonds is 11. The maximum atomic E-state index is 8.79. The molecule has 0 aliphatic heterocycles. The summed E-state index contributed by atoms with van der Waals surface area (Å²) in [5.74, 6) is 1.16.